The number of aryl methyl sites for hydroxylation is 1. The van der Waals surface area contributed by atoms with Crippen LogP contribution in [0.3, 0.4) is 0 Å². The third kappa shape index (κ3) is 2.55. The molecule has 2 heterocycles. The topological polar surface area (TPSA) is 70.9 Å². The van der Waals surface area contributed by atoms with Crippen LogP contribution in [0.5, 0.6) is 0 Å². The molecule has 19 heavy (non-hydrogen) atoms. The summed E-state index contributed by atoms with van der Waals surface area (Å²) in [5.41, 5.74) is 6.57. The van der Waals surface area contributed by atoms with Crippen LogP contribution in [0.4, 0.5) is 10.7 Å². The van der Waals surface area contributed by atoms with E-state index in [1.165, 1.54) is 11.3 Å². The predicted molar refractivity (Wildman–Crippen MR) is 80.5 cm³/mol. The Labute approximate surface area is 120 Å². The van der Waals surface area contributed by atoms with E-state index in [2.05, 4.69) is 16.0 Å². The summed E-state index contributed by atoms with van der Waals surface area (Å²) in [6, 6.07) is 2.15. The van der Waals surface area contributed by atoms with Crippen molar-refractivity contribution in [3.05, 3.63) is 23.1 Å². The molecule has 0 saturated heterocycles. The highest BCUT2D eigenvalue weighted by Gasteiger charge is 2.19. The number of anilines is 2. The Morgan fingerprint density at radius 1 is 1.63 bits per heavy atom. The van der Waals surface area contributed by atoms with Crippen molar-refractivity contribution in [2.75, 3.05) is 23.9 Å². The fourth-order valence-corrected chi connectivity index (χ4v) is 3.75. The van der Waals surface area contributed by atoms with E-state index < -0.39 is 0 Å². The van der Waals surface area contributed by atoms with Gasteiger partial charge in [0.2, 0.25) is 0 Å². The Balaban J connectivity index is 2.31. The Morgan fingerprint density at radius 3 is 2.89 bits per heavy atom. The first-order valence-electron chi connectivity index (χ1n) is 5.62. The molecule has 2 N–H and O–H groups in total. The summed E-state index contributed by atoms with van der Waals surface area (Å²) in [6.07, 6.45) is 5.67. The van der Waals surface area contributed by atoms with Crippen LogP contribution < -0.4 is 10.6 Å². The summed E-state index contributed by atoms with van der Waals surface area (Å²) in [4.78, 5) is 7.93. The smallest absolute Gasteiger partial charge is 0.131 e. The van der Waals surface area contributed by atoms with Gasteiger partial charge in [0.1, 0.15) is 21.8 Å². The molecular formula is C12H15N5S2. The van der Waals surface area contributed by atoms with Gasteiger partial charge in [0, 0.05) is 26.5 Å². The molecule has 0 fully saturated rings. The fourth-order valence-electron chi connectivity index (χ4n) is 1.78. The van der Waals surface area contributed by atoms with Crippen molar-refractivity contribution in [2.24, 2.45) is 7.05 Å². The molecule has 0 amide bonds. The molecule has 0 spiro atoms. The zero-order valence-corrected chi connectivity index (χ0v) is 12.7. The lowest BCUT2D eigenvalue weighted by molar-refractivity contribution is 0.762. The average Bonchev–Trinajstić information content (AvgIpc) is 2.93. The lowest BCUT2D eigenvalue weighted by Crippen LogP contribution is -2.18. The van der Waals surface area contributed by atoms with E-state index in [-0.39, 0.29) is 0 Å². The van der Waals surface area contributed by atoms with Gasteiger partial charge in [-0.05, 0) is 6.26 Å². The van der Waals surface area contributed by atoms with Crippen molar-refractivity contribution in [2.45, 2.75) is 11.4 Å². The van der Waals surface area contributed by atoms with E-state index in [0.717, 1.165) is 15.7 Å². The zero-order valence-electron chi connectivity index (χ0n) is 11.0. The highest BCUT2D eigenvalue weighted by molar-refractivity contribution is 7.99. The molecule has 0 radical (unpaired) electrons. The van der Waals surface area contributed by atoms with E-state index in [4.69, 9.17) is 11.0 Å². The Morgan fingerprint density at radius 2 is 2.37 bits per heavy atom. The van der Waals surface area contributed by atoms with Crippen molar-refractivity contribution in [3.63, 3.8) is 0 Å². The number of imidazole rings is 1. The number of thiophene rings is 1. The second kappa shape index (κ2) is 5.55. The monoisotopic (exact) mass is 293 g/mol. The molecule has 2 aromatic heterocycles. The van der Waals surface area contributed by atoms with Crippen molar-refractivity contribution in [1.29, 1.82) is 5.26 Å². The van der Waals surface area contributed by atoms with Gasteiger partial charge in [-0.25, -0.2) is 4.98 Å². The van der Waals surface area contributed by atoms with Crippen LogP contribution in [0.2, 0.25) is 0 Å². The number of nitrogens with two attached hydrogens (primary N) is 1. The molecule has 7 heteroatoms. The van der Waals surface area contributed by atoms with Gasteiger partial charge in [0.25, 0.3) is 0 Å². The highest BCUT2D eigenvalue weighted by atomic mass is 32.2. The molecule has 2 rings (SSSR count). The second-order valence-electron chi connectivity index (χ2n) is 4.11. The predicted octanol–water partition coefficient (Wildman–Crippen LogP) is 2.29. The van der Waals surface area contributed by atoms with Crippen molar-refractivity contribution < 1.29 is 0 Å². The molecule has 0 bridgehead atoms. The van der Waals surface area contributed by atoms with Gasteiger partial charge in [-0.1, -0.05) is 0 Å². The number of nitrogens with zero attached hydrogens (tertiary/aromatic N) is 4. The van der Waals surface area contributed by atoms with Crippen LogP contribution >= 0.6 is 23.1 Å². The van der Waals surface area contributed by atoms with Crippen molar-refractivity contribution in [1.82, 2.24) is 9.55 Å². The zero-order chi connectivity index (χ0) is 14.0. The standard InChI is InChI=1S/C12H15N5S2/c1-16-5-4-15-9(16)7-17(2)12-11(18-3)10(14)8(6-13)19-12/h4-5H,7,14H2,1-3H3. The van der Waals surface area contributed by atoms with E-state index in [0.29, 0.717) is 17.1 Å². The number of thioether (sulfide) groups is 1. The van der Waals surface area contributed by atoms with E-state index in [1.54, 1.807) is 18.0 Å². The number of nitrogen functional groups attached to an aromatic ring is 1. The number of hydrogen-bond donors (Lipinski definition) is 1. The summed E-state index contributed by atoms with van der Waals surface area (Å²) >= 11 is 3.00. The summed E-state index contributed by atoms with van der Waals surface area (Å²) in [5.74, 6) is 0.972. The molecule has 0 saturated carbocycles. The Bertz CT molecular complexity index is 623. The van der Waals surface area contributed by atoms with Crippen LogP contribution in [0.15, 0.2) is 17.3 Å². The van der Waals surface area contributed by atoms with Gasteiger partial charge in [0.15, 0.2) is 0 Å². The molecule has 0 aromatic carbocycles. The molecule has 100 valence electrons. The Kier molecular flexibility index (Phi) is 4.02. The first kappa shape index (κ1) is 13.8. The number of hydrogen-bond acceptors (Lipinski definition) is 6. The highest BCUT2D eigenvalue weighted by Crippen LogP contribution is 2.43. The minimum absolute atomic E-state index is 0.575. The SMILES string of the molecule is CSc1c(N(C)Cc2nccn2C)sc(C#N)c1N. The van der Waals surface area contributed by atoms with Crippen molar-refractivity contribution >= 4 is 33.8 Å². The lowest BCUT2D eigenvalue weighted by atomic mass is 10.4. The first-order valence-corrected chi connectivity index (χ1v) is 7.66. The van der Waals surface area contributed by atoms with E-state index in [1.807, 2.05) is 31.1 Å². The van der Waals surface area contributed by atoms with Crippen LogP contribution in [0.1, 0.15) is 10.7 Å². The van der Waals surface area contributed by atoms with E-state index >= 15 is 0 Å². The largest absolute Gasteiger partial charge is 0.396 e. The summed E-state index contributed by atoms with van der Waals surface area (Å²) < 4.78 is 1.98. The lowest BCUT2D eigenvalue weighted by Gasteiger charge is -2.18. The van der Waals surface area contributed by atoms with Gasteiger partial charge in [-0.15, -0.1) is 23.1 Å². The maximum absolute atomic E-state index is 9.07. The van der Waals surface area contributed by atoms with Gasteiger partial charge in [-0.3, -0.25) is 0 Å². The third-order valence-electron chi connectivity index (χ3n) is 2.83. The van der Waals surface area contributed by atoms with E-state index in [9.17, 15) is 0 Å². The fraction of sp³-hybridized carbons (Fsp3) is 0.333. The molecule has 5 nitrogen and oxygen atoms in total. The molecule has 0 aliphatic rings. The molecule has 0 unspecified atom stereocenters. The van der Waals surface area contributed by atoms with Gasteiger partial charge in [-0.2, -0.15) is 5.26 Å². The quantitative estimate of drug-likeness (QED) is 0.876. The van der Waals surface area contributed by atoms with Crippen LogP contribution in [0.25, 0.3) is 0 Å². The Hall–Kier alpha value is -1.65. The van der Waals surface area contributed by atoms with Crippen molar-refractivity contribution in [3.8, 4) is 6.07 Å². The molecule has 0 aliphatic heterocycles. The van der Waals surface area contributed by atoms with Gasteiger partial charge in [0.05, 0.1) is 17.1 Å². The maximum Gasteiger partial charge on any atom is 0.131 e. The number of aromatic nitrogens is 2. The minimum atomic E-state index is 0.575. The third-order valence-corrected chi connectivity index (χ3v) is 5.01. The first-order chi connectivity index (χ1) is 9.08. The normalized spacial score (nSPS) is 10.4. The second-order valence-corrected chi connectivity index (χ2v) is 5.92. The number of rotatable bonds is 4. The molecular weight excluding hydrogens is 278 g/mol. The number of nitriles is 1. The summed E-state index contributed by atoms with van der Waals surface area (Å²) in [7, 11) is 3.95. The van der Waals surface area contributed by atoms with Crippen LogP contribution in [-0.2, 0) is 13.6 Å². The average molecular weight is 293 g/mol. The maximum atomic E-state index is 9.07. The summed E-state index contributed by atoms with van der Waals surface area (Å²) in [5, 5.41) is 10.1. The molecule has 0 aliphatic carbocycles. The van der Waals surface area contributed by atoms with Gasteiger partial charge >= 0.3 is 0 Å². The minimum Gasteiger partial charge on any atom is -0.396 e. The molecule has 0 atom stereocenters. The van der Waals surface area contributed by atoms with Gasteiger partial charge < -0.3 is 15.2 Å². The summed E-state index contributed by atoms with van der Waals surface area (Å²) in [6.45, 7) is 0.682. The van der Waals surface area contributed by atoms with Crippen LogP contribution in [0, 0.1) is 11.3 Å². The van der Waals surface area contributed by atoms with Crippen LogP contribution in [-0.4, -0.2) is 22.9 Å². The molecule has 2 aromatic rings.